The first-order chi connectivity index (χ1) is 9.41. The van der Waals surface area contributed by atoms with Gasteiger partial charge >= 0.3 is 0 Å². The van der Waals surface area contributed by atoms with Gasteiger partial charge in [-0.2, -0.15) is 0 Å². The molecule has 0 saturated carbocycles. The SMILES string of the molecule is CCCCCCCOCCCOCCCCCCC. The normalized spacial score (nSPS) is 11.1. The molecular weight excluding hydrogens is 236 g/mol. The summed E-state index contributed by atoms with van der Waals surface area (Å²) in [7, 11) is 0. The van der Waals surface area contributed by atoms with E-state index in [1.54, 1.807) is 0 Å². The molecule has 2 nitrogen and oxygen atoms in total. The van der Waals surface area contributed by atoms with Crippen molar-refractivity contribution in [3.63, 3.8) is 0 Å². The molecule has 0 rings (SSSR count). The summed E-state index contributed by atoms with van der Waals surface area (Å²) in [6.07, 6.45) is 14.2. The first kappa shape index (κ1) is 18.9. The predicted molar refractivity (Wildman–Crippen MR) is 83.8 cm³/mol. The summed E-state index contributed by atoms with van der Waals surface area (Å²) in [6, 6.07) is 0. The molecule has 0 aliphatic heterocycles. The molecule has 0 saturated heterocycles. The maximum Gasteiger partial charge on any atom is 0.0487 e. The van der Waals surface area contributed by atoms with Crippen molar-refractivity contribution >= 4 is 0 Å². The van der Waals surface area contributed by atoms with Crippen LogP contribution in [0.15, 0.2) is 0 Å². The average molecular weight is 272 g/mol. The Bertz CT molecular complexity index is 132. The maximum atomic E-state index is 5.59. The quantitative estimate of drug-likeness (QED) is 0.353. The Hall–Kier alpha value is -0.0800. The number of hydrogen-bond donors (Lipinski definition) is 0. The number of ether oxygens (including phenoxy) is 2. The molecule has 0 aromatic rings. The number of rotatable bonds is 16. The summed E-state index contributed by atoms with van der Waals surface area (Å²) in [5.74, 6) is 0. The largest absolute Gasteiger partial charge is 0.381 e. The van der Waals surface area contributed by atoms with Crippen LogP contribution in [-0.4, -0.2) is 26.4 Å². The van der Waals surface area contributed by atoms with Crippen molar-refractivity contribution in [2.24, 2.45) is 0 Å². The van der Waals surface area contributed by atoms with Gasteiger partial charge in [0, 0.05) is 26.4 Å². The first-order valence-corrected chi connectivity index (χ1v) is 8.57. The molecule has 2 heteroatoms. The van der Waals surface area contributed by atoms with Crippen LogP contribution in [0.1, 0.15) is 84.5 Å². The zero-order valence-electron chi connectivity index (χ0n) is 13.4. The van der Waals surface area contributed by atoms with Crippen LogP contribution in [-0.2, 0) is 9.47 Å². The lowest BCUT2D eigenvalue weighted by Crippen LogP contribution is -2.03. The molecule has 0 aliphatic rings. The molecule has 0 atom stereocenters. The highest BCUT2D eigenvalue weighted by molar-refractivity contribution is 4.44. The Morgan fingerprint density at radius 1 is 0.421 bits per heavy atom. The van der Waals surface area contributed by atoms with E-state index < -0.39 is 0 Å². The minimum Gasteiger partial charge on any atom is -0.381 e. The van der Waals surface area contributed by atoms with Crippen molar-refractivity contribution in [3.8, 4) is 0 Å². The van der Waals surface area contributed by atoms with Crippen molar-refractivity contribution in [2.45, 2.75) is 84.5 Å². The molecule has 0 aromatic heterocycles. The second-order valence-corrected chi connectivity index (χ2v) is 5.41. The van der Waals surface area contributed by atoms with Crippen molar-refractivity contribution in [1.82, 2.24) is 0 Å². The molecule has 0 spiro atoms. The molecule has 0 amide bonds. The molecule has 0 radical (unpaired) electrons. The van der Waals surface area contributed by atoms with E-state index in [0.717, 1.165) is 32.8 Å². The van der Waals surface area contributed by atoms with Gasteiger partial charge in [0.15, 0.2) is 0 Å². The zero-order chi connectivity index (χ0) is 14.0. The van der Waals surface area contributed by atoms with Gasteiger partial charge in [0.1, 0.15) is 0 Å². The molecule has 0 aromatic carbocycles. The van der Waals surface area contributed by atoms with E-state index in [9.17, 15) is 0 Å². The lowest BCUT2D eigenvalue weighted by atomic mass is 10.2. The summed E-state index contributed by atoms with van der Waals surface area (Å²) < 4.78 is 11.2. The van der Waals surface area contributed by atoms with E-state index >= 15 is 0 Å². The zero-order valence-corrected chi connectivity index (χ0v) is 13.4. The summed E-state index contributed by atoms with van der Waals surface area (Å²) >= 11 is 0. The standard InChI is InChI=1S/C17H36O2/c1-3-5-7-9-11-14-18-16-13-17-19-15-12-10-8-6-4-2/h3-17H2,1-2H3. The van der Waals surface area contributed by atoms with Gasteiger partial charge in [0.25, 0.3) is 0 Å². The van der Waals surface area contributed by atoms with Crippen molar-refractivity contribution in [2.75, 3.05) is 26.4 Å². The molecule has 0 heterocycles. The van der Waals surface area contributed by atoms with Crippen LogP contribution in [0.3, 0.4) is 0 Å². The Balaban J connectivity index is 2.88. The maximum absolute atomic E-state index is 5.59. The van der Waals surface area contributed by atoms with Gasteiger partial charge in [-0.05, 0) is 19.3 Å². The summed E-state index contributed by atoms with van der Waals surface area (Å²) in [5, 5.41) is 0. The fourth-order valence-corrected chi connectivity index (χ4v) is 2.08. The van der Waals surface area contributed by atoms with Gasteiger partial charge in [0.05, 0.1) is 0 Å². The summed E-state index contributed by atoms with van der Waals surface area (Å²) in [4.78, 5) is 0. The van der Waals surface area contributed by atoms with Crippen LogP contribution in [0.2, 0.25) is 0 Å². The van der Waals surface area contributed by atoms with E-state index in [1.165, 1.54) is 64.2 Å². The first-order valence-electron chi connectivity index (χ1n) is 8.57. The third-order valence-corrected chi connectivity index (χ3v) is 3.36. The second kappa shape index (κ2) is 17.9. The van der Waals surface area contributed by atoms with Crippen LogP contribution in [0.5, 0.6) is 0 Å². The number of unbranched alkanes of at least 4 members (excludes halogenated alkanes) is 8. The van der Waals surface area contributed by atoms with E-state index in [-0.39, 0.29) is 0 Å². The molecule has 0 bridgehead atoms. The van der Waals surface area contributed by atoms with Crippen molar-refractivity contribution in [1.29, 1.82) is 0 Å². The fraction of sp³-hybridized carbons (Fsp3) is 1.00. The lowest BCUT2D eigenvalue weighted by Gasteiger charge is -2.05. The van der Waals surface area contributed by atoms with Gasteiger partial charge < -0.3 is 9.47 Å². The molecule has 0 unspecified atom stereocenters. The van der Waals surface area contributed by atoms with Crippen LogP contribution in [0.25, 0.3) is 0 Å². The Kier molecular flexibility index (Phi) is 17.8. The summed E-state index contributed by atoms with van der Waals surface area (Å²) in [6.45, 7) is 8.09. The van der Waals surface area contributed by atoms with Crippen LogP contribution < -0.4 is 0 Å². The second-order valence-electron chi connectivity index (χ2n) is 5.41. The molecule has 19 heavy (non-hydrogen) atoms. The highest BCUT2D eigenvalue weighted by Crippen LogP contribution is 2.03. The Morgan fingerprint density at radius 2 is 0.789 bits per heavy atom. The van der Waals surface area contributed by atoms with Crippen molar-refractivity contribution in [3.05, 3.63) is 0 Å². The highest BCUT2D eigenvalue weighted by Gasteiger charge is 1.93. The van der Waals surface area contributed by atoms with E-state index in [4.69, 9.17) is 9.47 Å². The smallest absolute Gasteiger partial charge is 0.0487 e. The molecule has 0 fully saturated rings. The van der Waals surface area contributed by atoms with Crippen LogP contribution in [0, 0.1) is 0 Å². The molecular formula is C17H36O2. The molecule has 0 N–H and O–H groups in total. The van der Waals surface area contributed by atoms with Gasteiger partial charge in [-0.15, -0.1) is 0 Å². The van der Waals surface area contributed by atoms with E-state index in [0.29, 0.717) is 0 Å². The van der Waals surface area contributed by atoms with Gasteiger partial charge in [-0.1, -0.05) is 65.2 Å². The molecule has 0 aliphatic carbocycles. The monoisotopic (exact) mass is 272 g/mol. The average Bonchev–Trinajstić information content (AvgIpc) is 2.43. The summed E-state index contributed by atoms with van der Waals surface area (Å²) in [5.41, 5.74) is 0. The van der Waals surface area contributed by atoms with E-state index in [1.807, 2.05) is 0 Å². The Morgan fingerprint density at radius 3 is 1.21 bits per heavy atom. The third-order valence-electron chi connectivity index (χ3n) is 3.36. The molecule has 116 valence electrons. The van der Waals surface area contributed by atoms with Gasteiger partial charge in [-0.3, -0.25) is 0 Å². The van der Waals surface area contributed by atoms with Gasteiger partial charge in [-0.25, -0.2) is 0 Å². The van der Waals surface area contributed by atoms with E-state index in [2.05, 4.69) is 13.8 Å². The fourth-order valence-electron chi connectivity index (χ4n) is 2.08. The van der Waals surface area contributed by atoms with Crippen LogP contribution >= 0.6 is 0 Å². The topological polar surface area (TPSA) is 18.5 Å². The van der Waals surface area contributed by atoms with Crippen LogP contribution in [0.4, 0.5) is 0 Å². The third kappa shape index (κ3) is 17.9. The predicted octanol–water partition coefficient (Wildman–Crippen LogP) is 5.35. The minimum absolute atomic E-state index is 0.865. The van der Waals surface area contributed by atoms with Gasteiger partial charge in [0.2, 0.25) is 0 Å². The lowest BCUT2D eigenvalue weighted by molar-refractivity contribution is 0.0795. The number of hydrogen-bond acceptors (Lipinski definition) is 2. The minimum atomic E-state index is 0.865. The Labute approximate surface area is 121 Å². The van der Waals surface area contributed by atoms with Crippen molar-refractivity contribution < 1.29 is 9.47 Å². The highest BCUT2D eigenvalue weighted by atomic mass is 16.5.